The van der Waals surface area contributed by atoms with Gasteiger partial charge in [-0.05, 0) is 18.2 Å². The molecule has 19 heavy (non-hydrogen) atoms. The summed E-state index contributed by atoms with van der Waals surface area (Å²) >= 11 is 1.33. The van der Waals surface area contributed by atoms with E-state index in [0.717, 1.165) is 5.56 Å². The number of thioether (sulfide) groups is 1. The van der Waals surface area contributed by atoms with Crippen LogP contribution in [0, 0.1) is 6.92 Å². The van der Waals surface area contributed by atoms with Crippen molar-refractivity contribution in [3.63, 3.8) is 0 Å². The average Bonchev–Trinajstić information content (AvgIpc) is 2.81. The number of aromatic carboxylic acids is 1. The lowest BCUT2D eigenvalue weighted by Crippen LogP contribution is -1.99. The van der Waals surface area contributed by atoms with Gasteiger partial charge < -0.3 is 14.3 Å². The van der Waals surface area contributed by atoms with E-state index in [1.807, 2.05) is 0 Å². The fourth-order valence-electron chi connectivity index (χ4n) is 1.50. The first-order valence-electron chi connectivity index (χ1n) is 5.43. The molecule has 1 N–H and O–H groups in total. The van der Waals surface area contributed by atoms with Crippen molar-refractivity contribution >= 4 is 17.7 Å². The van der Waals surface area contributed by atoms with E-state index in [-0.39, 0.29) is 5.56 Å². The van der Waals surface area contributed by atoms with Crippen molar-refractivity contribution in [2.24, 2.45) is 0 Å². The van der Waals surface area contributed by atoms with Gasteiger partial charge in [0, 0.05) is 18.2 Å². The molecule has 0 aliphatic rings. The second-order valence-corrected chi connectivity index (χ2v) is 4.63. The summed E-state index contributed by atoms with van der Waals surface area (Å²) in [6, 6.07) is 4.72. The summed E-state index contributed by atoms with van der Waals surface area (Å²) in [5.74, 6) is 0.649. The predicted octanol–water partition coefficient (Wildman–Crippen LogP) is 2.38. The molecule has 0 radical (unpaired) electrons. The number of aromatic nitrogens is 2. The van der Waals surface area contributed by atoms with Crippen molar-refractivity contribution in [2.75, 3.05) is 7.11 Å². The van der Waals surface area contributed by atoms with E-state index in [0.29, 0.717) is 22.6 Å². The Bertz CT molecular complexity index is 597. The fraction of sp³-hybridized carbons (Fsp3) is 0.250. The van der Waals surface area contributed by atoms with Crippen LogP contribution in [0.3, 0.4) is 0 Å². The van der Waals surface area contributed by atoms with Gasteiger partial charge in [-0.3, -0.25) is 0 Å². The van der Waals surface area contributed by atoms with Gasteiger partial charge in [0.25, 0.3) is 5.22 Å². The zero-order valence-electron chi connectivity index (χ0n) is 10.4. The zero-order chi connectivity index (χ0) is 13.8. The van der Waals surface area contributed by atoms with Gasteiger partial charge in [0.2, 0.25) is 5.89 Å². The van der Waals surface area contributed by atoms with Crippen LogP contribution in [0.15, 0.2) is 27.8 Å². The lowest BCUT2D eigenvalue weighted by atomic mass is 10.1. The summed E-state index contributed by atoms with van der Waals surface area (Å²) in [4.78, 5) is 10.9. The number of carboxylic acids is 1. The molecule has 1 aromatic heterocycles. The minimum atomic E-state index is -0.970. The molecule has 0 saturated carbocycles. The quantitative estimate of drug-likeness (QED) is 0.841. The van der Waals surface area contributed by atoms with Crippen LogP contribution < -0.4 is 4.74 Å². The molecule has 0 spiro atoms. The maximum absolute atomic E-state index is 10.9. The number of carbonyl (C=O) groups is 1. The number of hydrogen-bond acceptors (Lipinski definition) is 6. The number of hydrogen-bond donors (Lipinski definition) is 1. The molecule has 2 rings (SSSR count). The Kier molecular flexibility index (Phi) is 4.06. The first-order valence-corrected chi connectivity index (χ1v) is 6.42. The Balaban J connectivity index is 2.17. The van der Waals surface area contributed by atoms with E-state index < -0.39 is 5.97 Å². The molecule has 0 aliphatic carbocycles. The van der Waals surface area contributed by atoms with Gasteiger partial charge in [-0.2, -0.15) is 0 Å². The Labute approximate surface area is 113 Å². The van der Waals surface area contributed by atoms with Gasteiger partial charge in [-0.1, -0.05) is 11.8 Å². The Hall–Kier alpha value is -2.02. The standard InChI is InChI=1S/C12H12N2O4S/c1-7-13-14-12(18-7)19-6-9-5-8(11(15)16)3-4-10(9)17-2/h3-5H,6H2,1-2H3,(H,15,16). The van der Waals surface area contributed by atoms with E-state index in [9.17, 15) is 4.79 Å². The maximum atomic E-state index is 10.9. The molecule has 0 saturated heterocycles. The van der Waals surface area contributed by atoms with E-state index >= 15 is 0 Å². The Morgan fingerprint density at radius 2 is 2.26 bits per heavy atom. The Morgan fingerprint density at radius 3 is 2.84 bits per heavy atom. The van der Waals surface area contributed by atoms with Crippen molar-refractivity contribution in [3.8, 4) is 5.75 Å². The SMILES string of the molecule is COc1ccc(C(=O)O)cc1CSc1nnc(C)o1. The van der Waals surface area contributed by atoms with Crippen LogP contribution in [0.1, 0.15) is 21.8 Å². The van der Waals surface area contributed by atoms with E-state index in [2.05, 4.69) is 10.2 Å². The summed E-state index contributed by atoms with van der Waals surface area (Å²) < 4.78 is 10.4. The normalized spacial score (nSPS) is 10.4. The largest absolute Gasteiger partial charge is 0.496 e. The highest BCUT2D eigenvalue weighted by atomic mass is 32.2. The molecule has 0 atom stereocenters. The summed E-state index contributed by atoms with van der Waals surface area (Å²) in [6.45, 7) is 1.71. The molecule has 1 aromatic carbocycles. The summed E-state index contributed by atoms with van der Waals surface area (Å²) in [5.41, 5.74) is 0.987. The van der Waals surface area contributed by atoms with E-state index in [1.54, 1.807) is 26.2 Å². The predicted molar refractivity (Wildman–Crippen MR) is 68.5 cm³/mol. The van der Waals surface area contributed by atoms with Crippen LogP contribution in [-0.4, -0.2) is 28.4 Å². The number of nitrogens with zero attached hydrogens (tertiary/aromatic N) is 2. The molecular formula is C12H12N2O4S. The summed E-state index contributed by atoms with van der Waals surface area (Å²) in [7, 11) is 1.54. The van der Waals surface area contributed by atoms with E-state index in [4.69, 9.17) is 14.3 Å². The molecule has 2 aromatic rings. The topological polar surface area (TPSA) is 85.5 Å². The van der Waals surface area contributed by atoms with Crippen LogP contribution in [0.25, 0.3) is 0 Å². The minimum Gasteiger partial charge on any atom is -0.496 e. The molecule has 100 valence electrons. The molecule has 0 bridgehead atoms. The summed E-state index contributed by atoms with van der Waals surface area (Å²) in [6.07, 6.45) is 0. The molecule has 0 aliphatic heterocycles. The minimum absolute atomic E-state index is 0.220. The molecule has 7 heteroatoms. The lowest BCUT2D eigenvalue weighted by molar-refractivity contribution is 0.0696. The van der Waals surface area contributed by atoms with Gasteiger partial charge in [-0.25, -0.2) is 4.79 Å². The average molecular weight is 280 g/mol. The number of ether oxygens (including phenoxy) is 1. The van der Waals surface area contributed by atoms with Crippen molar-refractivity contribution in [1.82, 2.24) is 10.2 Å². The Morgan fingerprint density at radius 1 is 1.47 bits per heavy atom. The van der Waals surface area contributed by atoms with Crippen LogP contribution in [0.2, 0.25) is 0 Å². The summed E-state index contributed by atoms with van der Waals surface area (Å²) in [5, 5.41) is 17.0. The molecule has 1 heterocycles. The number of benzene rings is 1. The number of aryl methyl sites for hydroxylation is 1. The van der Waals surface area contributed by atoms with Crippen molar-refractivity contribution in [1.29, 1.82) is 0 Å². The fourth-order valence-corrected chi connectivity index (χ4v) is 2.28. The molecule has 6 nitrogen and oxygen atoms in total. The van der Waals surface area contributed by atoms with Crippen LogP contribution in [0.4, 0.5) is 0 Å². The molecular weight excluding hydrogens is 268 g/mol. The van der Waals surface area contributed by atoms with Gasteiger partial charge >= 0.3 is 5.97 Å². The number of carboxylic acid groups (broad SMARTS) is 1. The third-order valence-electron chi connectivity index (χ3n) is 2.39. The maximum Gasteiger partial charge on any atom is 0.335 e. The van der Waals surface area contributed by atoms with Crippen molar-refractivity contribution < 1.29 is 19.1 Å². The number of rotatable bonds is 5. The number of methoxy groups -OCH3 is 1. The highest BCUT2D eigenvalue weighted by Gasteiger charge is 2.11. The first kappa shape index (κ1) is 13.4. The molecule has 0 amide bonds. The second kappa shape index (κ2) is 5.75. The first-order chi connectivity index (χ1) is 9.10. The van der Waals surface area contributed by atoms with Gasteiger partial charge in [-0.15, -0.1) is 10.2 Å². The lowest BCUT2D eigenvalue weighted by Gasteiger charge is -2.08. The zero-order valence-corrected chi connectivity index (χ0v) is 11.2. The molecule has 0 unspecified atom stereocenters. The monoisotopic (exact) mass is 280 g/mol. The van der Waals surface area contributed by atoms with Gasteiger partial charge in [0.15, 0.2) is 0 Å². The molecule has 0 fully saturated rings. The second-order valence-electron chi connectivity index (χ2n) is 3.71. The van der Waals surface area contributed by atoms with Crippen molar-refractivity contribution in [3.05, 3.63) is 35.2 Å². The van der Waals surface area contributed by atoms with Crippen molar-refractivity contribution in [2.45, 2.75) is 17.9 Å². The highest BCUT2D eigenvalue weighted by molar-refractivity contribution is 7.98. The third-order valence-corrected chi connectivity index (χ3v) is 3.25. The van der Waals surface area contributed by atoms with Crippen LogP contribution >= 0.6 is 11.8 Å². The highest BCUT2D eigenvalue weighted by Crippen LogP contribution is 2.28. The van der Waals surface area contributed by atoms with Gasteiger partial charge in [0.05, 0.1) is 12.7 Å². The van der Waals surface area contributed by atoms with Gasteiger partial charge in [0.1, 0.15) is 5.75 Å². The third kappa shape index (κ3) is 3.25. The van der Waals surface area contributed by atoms with Crippen LogP contribution in [0.5, 0.6) is 5.75 Å². The smallest absolute Gasteiger partial charge is 0.335 e. The van der Waals surface area contributed by atoms with E-state index in [1.165, 1.54) is 17.8 Å². The van der Waals surface area contributed by atoms with Crippen LogP contribution in [-0.2, 0) is 5.75 Å².